The SMILES string of the molecule is C=CC(=O)Nc1cc(Nc2cc(N3OCCC3c3cccc(-c4cccc(C(=O)O)c4)c3)ncn2)c(OC)cc1N1CCN(C)CC1. The van der Waals surface area contributed by atoms with Crippen molar-refractivity contribution in [2.24, 2.45) is 0 Å². The number of ether oxygens (including phenoxy) is 1. The molecule has 1 amide bonds. The number of piperazine rings is 1. The monoisotopic (exact) mass is 635 g/mol. The zero-order valence-corrected chi connectivity index (χ0v) is 26.3. The standard InChI is InChI=1S/C35H37N7O5/c1-4-34(43)39-27-19-28(31(46-3)20-30(27)41-14-12-40(2)13-15-41)38-32-21-33(37-22-36-32)42-29(11-16-47-42)25-9-5-7-23(17-25)24-8-6-10-26(18-24)35(44)45/h4-10,17-22,29H,1,11-16H2,2-3H3,(H,39,43)(H,44,45)(H,36,37,38). The highest BCUT2D eigenvalue weighted by atomic mass is 16.7. The van der Waals surface area contributed by atoms with Gasteiger partial charge in [0.15, 0.2) is 5.82 Å². The normalized spacial score (nSPS) is 16.5. The maximum absolute atomic E-state index is 12.4. The Morgan fingerprint density at radius 2 is 1.77 bits per heavy atom. The van der Waals surface area contributed by atoms with Crippen LogP contribution in [0.5, 0.6) is 5.75 Å². The van der Waals surface area contributed by atoms with Crippen LogP contribution in [0.4, 0.5) is 28.7 Å². The van der Waals surface area contributed by atoms with E-state index in [1.54, 1.807) is 36.4 Å². The van der Waals surface area contributed by atoms with Crippen LogP contribution in [0.3, 0.4) is 0 Å². The van der Waals surface area contributed by atoms with Crippen LogP contribution in [-0.2, 0) is 9.63 Å². The second kappa shape index (κ2) is 13.9. The molecule has 4 aromatic rings. The lowest BCUT2D eigenvalue weighted by molar-refractivity contribution is -0.111. The van der Waals surface area contributed by atoms with E-state index in [2.05, 4.69) is 50.1 Å². The average molecular weight is 636 g/mol. The summed E-state index contributed by atoms with van der Waals surface area (Å²) in [5.74, 6) is 0.394. The van der Waals surface area contributed by atoms with E-state index in [4.69, 9.17) is 9.57 Å². The Hall–Kier alpha value is -5.46. The van der Waals surface area contributed by atoms with Crippen LogP contribution in [0.25, 0.3) is 11.1 Å². The number of rotatable bonds is 10. The Kier molecular flexibility index (Phi) is 9.32. The van der Waals surface area contributed by atoms with Gasteiger partial charge in [-0.05, 0) is 54.1 Å². The maximum Gasteiger partial charge on any atom is 0.335 e. The topological polar surface area (TPSA) is 132 Å². The zero-order chi connectivity index (χ0) is 32.9. The van der Waals surface area contributed by atoms with Gasteiger partial charge in [-0.25, -0.2) is 19.8 Å². The molecule has 2 aliphatic heterocycles. The van der Waals surface area contributed by atoms with Crippen molar-refractivity contribution >= 4 is 40.6 Å². The Bertz CT molecular complexity index is 1790. The van der Waals surface area contributed by atoms with Crippen LogP contribution in [0.1, 0.15) is 28.4 Å². The summed E-state index contributed by atoms with van der Waals surface area (Å²) in [7, 11) is 3.70. The van der Waals surface area contributed by atoms with E-state index in [0.717, 1.165) is 55.0 Å². The van der Waals surface area contributed by atoms with Crippen LogP contribution in [0.15, 0.2) is 85.7 Å². The molecule has 1 unspecified atom stereocenters. The second-order valence-electron chi connectivity index (χ2n) is 11.4. The molecule has 12 heteroatoms. The lowest BCUT2D eigenvalue weighted by Gasteiger charge is -2.35. The van der Waals surface area contributed by atoms with Gasteiger partial charge in [0.2, 0.25) is 5.91 Å². The molecule has 3 heterocycles. The van der Waals surface area contributed by atoms with Crippen molar-refractivity contribution in [2.45, 2.75) is 12.5 Å². The first-order chi connectivity index (χ1) is 22.8. The van der Waals surface area contributed by atoms with Crippen LogP contribution in [-0.4, -0.2) is 78.8 Å². The summed E-state index contributed by atoms with van der Waals surface area (Å²) in [6.45, 7) is 7.55. The lowest BCUT2D eigenvalue weighted by atomic mass is 9.97. The predicted octanol–water partition coefficient (Wildman–Crippen LogP) is 5.35. The minimum Gasteiger partial charge on any atom is -0.494 e. The number of carbonyl (C=O) groups is 2. The van der Waals surface area contributed by atoms with E-state index in [1.807, 2.05) is 36.4 Å². The fourth-order valence-corrected chi connectivity index (χ4v) is 5.86. The highest BCUT2D eigenvalue weighted by Gasteiger charge is 2.30. The first kappa shape index (κ1) is 31.5. The number of nitrogens with zero attached hydrogens (tertiary/aromatic N) is 5. The lowest BCUT2D eigenvalue weighted by Crippen LogP contribution is -2.44. The highest BCUT2D eigenvalue weighted by Crippen LogP contribution is 2.40. The van der Waals surface area contributed by atoms with Gasteiger partial charge >= 0.3 is 5.97 Å². The molecule has 3 aromatic carbocycles. The number of methoxy groups -OCH3 is 1. The number of hydrogen-bond acceptors (Lipinski definition) is 10. The largest absolute Gasteiger partial charge is 0.494 e. The van der Waals surface area contributed by atoms with Crippen LogP contribution >= 0.6 is 0 Å². The van der Waals surface area contributed by atoms with Crippen molar-refractivity contribution in [1.82, 2.24) is 14.9 Å². The summed E-state index contributed by atoms with van der Waals surface area (Å²) in [6.07, 6.45) is 3.45. The van der Waals surface area contributed by atoms with E-state index in [1.165, 1.54) is 12.4 Å². The van der Waals surface area contributed by atoms with Gasteiger partial charge in [-0.2, -0.15) is 0 Å². The van der Waals surface area contributed by atoms with E-state index in [0.29, 0.717) is 35.4 Å². The van der Waals surface area contributed by atoms with Crippen molar-refractivity contribution in [2.75, 3.05) is 67.5 Å². The van der Waals surface area contributed by atoms with Gasteiger partial charge in [-0.1, -0.05) is 36.9 Å². The second-order valence-corrected chi connectivity index (χ2v) is 11.4. The number of carboxylic acid groups (broad SMARTS) is 1. The third kappa shape index (κ3) is 7.03. The Balaban J connectivity index is 1.27. The van der Waals surface area contributed by atoms with E-state index >= 15 is 0 Å². The van der Waals surface area contributed by atoms with Gasteiger partial charge in [-0.3, -0.25) is 9.63 Å². The van der Waals surface area contributed by atoms with E-state index < -0.39 is 5.97 Å². The fourth-order valence-electron chi connectivity index (χ4n) is 5.86. The molecule has 242 valence electrons. The number of carboxylic acids is 1. The third-order valence-electron chi connectivity index (χ3n) is 8.37. The molecule has 0 spiro atoms. The molecule has 0 radical (unpaired) electrons. The van der Waals surface area contributed by atoms with Gasteiger partial charge in [0.25, 0.3) is 0 Å². The summed E-state index contributed by atoms with van der Waals surface area (Å²) >= 11 is 0. The van der Waals surface area contributed by atoms with Gasteiger partial charge in [-0.15, -0.1) is 0 Å². The average Bonchev–Trinajstić information content (AvgIpc) is 3.59. The number of aromatic carboxylic acids is 1. The van der Waals surface area contributed by atoms with Gasteiger partial charge in [0.05, 0.1) is 42.4 Å². The number of aromatic nitrogens is 2. The summed E-state index contributed by atoms with van der Waals surface area (Å²) in [5, 5.41) is 17.5. The number of carbonyl (C=O) groups excluding carboxylic acids is 1. The molecule has 0 bridgehead atoms. The van der Waals surface area contributed by atoms with Crippen LogP contribution in [0.2, 0.25) is 0 Å². The molecule has 1 aromatic heterocycles. The molecule has 6 rings (SSSR count). The fraction of sp³-hybridized carbons (Fsp3) is 0.257. The molecule has 0 aliphatic carbocycles. The number of amides is 1. The van der Waals surface area contributed by atoms with Crippen molar-refractivity contribution in [3.05, 3.63) is 96.8 Å². The summed E-state index contributed by atoms with van der Waals surface area (Å²) in [5.41, 5.74) is 5.09. The molecule has 47 heavy (non-hydrogen) atoms. The molecule has 2 aliphatic rings. The Labute approximate surface area is 273 Å². The molecule has 2 saturated heterocycles. The van der Waals surface area contributed by atoms with Gasteiger partial charge in [0, 0.05) is 44.7 Å². The zero-order valence-electron chi connectivity index (χ0n) is 26.3. The molecular formula is C35H37N7O5. The van der Waals surface area contributed by atoms with Gasteiger partial charge in [0.1, 0.15) is 17.9 Å². The number of likely N-dealkylation sites (N-methyl/N-ethyl adjacent to an activating group) is 1. The van der Waals surface area contributed by atoms with E-state index in [-0.39, 0.29) is 17.5 Å². The minimum absolute atomic E-state index is 0.126. The summed E-state index contributed by atoms with van der Waals surface area (Å²) in [6, 6.07) is 20.4. The first-order valence-electron chi connectivity index (χ1n) is 15.4. The highest BCUT2D eigenvalue weighted by molar-refractivity contribution is 6.02. The molecule has 0 saturated carbocycles. The molecule has 3 N–H and O–H groups in total. The van der Waals surface area contributed by atoms with Crippen molar-refractivity contribution in [3.63, 3.8) is 0 Å². The van der Waals surface area contributed by atoms with Crippen molar-refractivity contribution in [1.29, 1.82) is 0 Å². The number of hydroxylamine groups is 1. The smallest absolute Gasteiger partial charge is 0.335 e. The van der Waals surface area contributed by atoms with Crippen molar-refractivity contribution in [3.8, 4) is 16.9 Å². The molecular weight excluding hydrogens is 598 g/mol. The van der Waals surface area contributed by atoms with Crippen LogP contribution in [0, 0.1) is 0 Å². The first-order valence-corrected chi connectivity index (χ1v) is 15.4. The molecule has 1 atom stereocenters. The van der Waals surface area contributed by atoms with Crippen LogP contribution < -0.4 is 25.3 Å². The molecule has 2 fully saturated rings. The number of nitrogens with one attached hydrogen (secondary N) is 2. The third-order valence-corrected chi connectivity index (χ3v) is 8.37. The molecule has 12 nitrogen and oxygen atoms in total. The summed E-state index contributed by atoms with van der Waals surface area (Å²) in [4.78, 5) is 43.5. The van der Waals surface area contributed by atoms with E-state index in [9.17, 15) is 14.7 Å². The van der Waals surface area contributed by atoms with Crippen molar-refractivity contribution < 1.29 is 24.3 Å². The number of anilines is 5. The Morgan fingerprint density at radius 3 is 2.51 bits per heavy atom. The minimum atomic E-state index is -0.965. The Morgan fingerprint density at radius 1 is 1.00 bits per heavy atom. The van der Waals surface area contributed by atoms with Gasteiger partial charge < -0.3 is 30.3 Å². The number of hydrogen-bond donors (Lipinski definition) is 3. The number of benzene rings is 3. The predicted molar refractivity (Wildman–Crippen MR) is 181 cm³/mol. The maximum atomic E-state index is 12.4. The summed E-state index contributed by atoms with van der Waals surface area (Å²) < 4.78 is 5.79. The quantitative estimate of drug-likeness (QED) is 0.195.